The highest BCUT2D eigenvalue weighted by Gasteiger charge is 2.39. The first-order valence-corrected chi connectivity index (χ1v) is 11.0. The van der Waals surface area contributed by atoms with Gasteiger partial charge in [0, 0.05) is 27.2 Å². The molecule has 4 heteroatoms. The van der Waals surface area contributed by atoms with Gasteiger partial charge in [-0.15, -0.1) is 0 Å². The summed E-state index contributed by atoms with van der Waals surface area (Å²) >= 11 is 12.5. The molecule has 0 aromatic heterocycles. The number of halogens is 2. The predicted molar refractivity (Wildman–Crippen MR) is 125 cm³/mol. The molecule has 2 nitrogen and oxygen atoms in total. The molecule has 3 aromatic rings. The highest BCUT2D eigenvalue weighted by molar-refractivity contribution is 6.32. The molecule has 0 amide bonds. The van der Waals surface area contributed by atoms with Gasteiger partial charge < -0.3 is 10.1 Å². The zero-order valence-corrected chi connectivity index (χ0v) is 18.3. The smallest absolute Gasteiger partial charge is 0.119 e. The molecule has 0 spiro atoms. The number of anilines is 1. The third-order valence-electron chi connectivity index (χ3n) is 6.23. The summed E-state index contributed by atoms with van der Waals surface area (Å²) in [5, 5.41) is 5.39. The molecule has 152 valence electrons. The Morgan fingerprint density at radius 3 is 2.50 bits per heavy atom. The van der Waals surface area contributed by atoms with Gasteiger partial charge in [0.05, 0.1) is 6.04 Å². The zero-order chi connectivity index (χ0) is 20.7. The second-order valence-corrected chi connectivity index (χ2v) is 8.96. The maximum atomic E-state index is 6.59. The molecule has 0 fully saturated rings. The molecular formula is C26H23Cl2NO. The molecule has 1 aliphatic heterocycles. The molecule has 0 saturated heterocycles. The van der Waals surface area contributed by atoms with Crippen molar-refractivity contribution >= 4 is 28.9 Å². The van der Waals surface area contributed by atoms with Gasteiger partial charge in [-0.25, -0.2) is 0 Å². The Morgan fingerprint density at radius 2 is 1.73 bits per heavy atom. The van der Waals surface area contributed by atoms with Gasteiger partial charge in [-0.2, -0.15) is 0 Å². The first-order chi connectivity index (χ1) is 14.6. The van der Waals surface area contributed by atoms with Gasteiger partial charge in [0.2, 0.25) is 0 Å². The minimum atomic E-state index is 0.250. The van der Waals surface area contributed by atoms with Crippen molar-refractivity contribution in [2.45, 2.75) is 31.9 Å². The molecule has 0 saturated carbocycles. The van der Waals surface area contributed by atoms with Gasteiger partial charge in [-0.3, -0.25) is 0 Å². The second kappa shape index (κ2) is 8.02. The van der Waals surface area contributed by atoms with Crippen LogP contribution in [0.2, 0.25) is 10.0 Å². The average Bonchev–Trinajstić information content (AvgIpc) is 3.25. The SMILES string of the molecule is Cc1ccc(Cl)c2c1N[C@@H](c1ccc(OCc3ccc(Cl)cc3)cc1)[C@H]1CC=C[C@@H]21. The molecule has 0 bridgehead atoms. The molecule has 1 N–H and O–H groups in total. The van der Waals surface area contributed by atoms with Crippen LogP contribution in [0.25, 0.3) is 0 Å². The van der Waals surface area contributed by atoms with E-state index in [1.54, 1.807) is 0 Å². The Morgan fingerprint density at radius 1 is 0.967 bits per heavy atom. The summed E-state index contributed by atoms with van der Waals surface area (Å²) in [7, 11) is 0. The summed E-state index contributed by atoms with van der Waals surface area (Å²) in [6, 6.07) is 20.6. The van der Waals surface area contributed by atoms with Crippen molar-refractivity contribution in [3.63, 3.8) is 0 Å². The summed E-state index contributed by atoms with van der Waals surface area (Å²) in [5.41, 5.74) is 6.04. The number of fused-ring (bicyclic) bond motifs is 3. The van der Waals surface area contributed by atoms with Crippen LogP contribution in [-0.4, -0.2) is 0 Å². The van der Waals surface area contributed by atoms with Crippen molar-refractivity contribution in [2.24, 2.45) is 5.92 Å². The van der Waals surface area contributed by atoms with E-state index in [9.17, 15) is 0 Å². The van der Waals surface area contributed by atoms with Crippen LogP contribution < -0.4 is 10.1 Å². The van der Waals surface area contributed by atoms with Crippen LogP contribution in [0.5, 0.6) is 5.75 Å². The fourth-order valence-electron chi connectivity index (χ4n) is 4.66. The van der Waals surface area contributed by atoms with Crippen LogP contribution in [0, 0.1) is 12.8 Å². The van der Waals surface area contributed by atoms with Crippen LogP contribution in [0.1, 0.15) is 40.6 Å². The summed E-state index contributed by atoms with van der Waals surface area (Å²) < 4.78 is 5.96. The lowest BCUT2D eigenvalue weighted by atomic mass is 9.76. The Bertz CT molecular complexity index is 1090. The van der Waals surface area contributed by atoms with Gasteiger partial charge in [-0.05, 0) is 66.3 Å². The summed E-state index contributed by atoms with van der Waals surface area (Å²) in [6.45, 7) is 2.67. The minimum Gasteiger partial charge on any atom is -0.489 e. The number of aryl methyl sites for hydroxylation is 1. The summed E-state index contributed by atoms with van der Waals surface area (Å²) in [6.07, 6.45) is 5.68. The molecule has 2 aliphatic rings. The van der Waals surface area contributed by atoms with Crippen molar-refractivity contribution in [2.75, 3.05) is 5.32 Å². The quantitative estimate of drug-likeness (QED) is 0.423. The highest BCUT2D eigenvalue weighted by Crippen LogP contribution is 2.52. The van der Waals surface area contributed by atoms with Crippen LogP contribution >= 0.6 is 23.2 Å². The van der Waals surface area contributed by atoms with Crippen molar-refractivity contribution in [3.8, 4) is 5.75 Å². The van der Waals surface area contributed by atoms with E-state index >= 15 is 0 Å². The molecule has 3 atom stereocenters. The minimum absolute atomic E-state index is 0.250. The molecule has 30 heavy (non-hydrogen) atoms. The van der Waals surface area contributed by atoms with E-state index in [4.69, 9.17) is 27.9 Å². The lowest BCUT2D eigenvalue weighted by molar-refractivity contribution is 0.306. The van der Waals surface area contributed by atoms with E-state index in [0.717, 1.165) is 27.8 Å². The average molecular weight is 436 g/mol. The van der Waals surface area contributed by atoms with Gasteiger partial charge in [0.25, 0.3) is 0 Å². The standard InChI is InChI=1S/C26H23Cl2NO/c1-16-5-14-23(28)24-21-3-2-4-22(21)26(29-25(16)24)18-8-12-20(13-9-18)30-15-17-6-10-19(27)11-7-17/h2-3,5-14,21-22,26,29H,4,15H2,1H3/t21-,22+,26+/m1/s1. The summed E-state index contributed by atoms with van der Waals surface area (Å²) in [5.74, 6) is 1.70. The highest BCUT2D eigenvalue weighted by atomic mass is 35.5. The van der Waals surface area contributed by atoms with Crippen LogP contribution in [0.15, 0.2) is 72.8 Å². The number of rotatable bonds is 4. The van der Waals surface area contributed by atoms with E-state index in [1.165, 1.54) is 22.4 Å². The molecule has 0 unspecified atom stereocenters. The predicted octanol–water partition coefficient (Wildman–Crippen LogP) is 7.71. The Kier molecular flexibility index (Phi) is 5.22. The molecule has 1 aliphatic carbocycles. The van der Waals surface area contributed by atoms with Crippen LogP contribution in [-0.2, 0) is 6.61 Å². The van der Waals surface area contributed by atoms with Crippen molar-refractivity contribution in [1.29, 1.82) is 0 Å². The summed E-state index contributed by atoms with van der Waals surface area (Å²) in [4.78, 5) is 0. The molecule has 1 heterocycles. The molecular weight excluding hydrogens is 413 g/mol. The molecule has 5 rings (SSSR count). The molecule has 3 aromatic carbocycles. The lowest BCUT2D eigenvalue weighted by Crippen LogP contribution is -2.29. The van der Waals surface area contributed by atoms with Gasteiger partial charge >= 0.3 is 0 Å². The number of hydrogen-bond donors (Lipinski definition) is 1. The largest absolute Gasteiger partial charge is 0.489 e. The number of allylic oxidation sites excluding steroid dienone is 2. The van der Waals surface area contributed by atoms with Crippen LogP contribution in [0.4, 0.5) is 5.69 Å². The third kappa shape index (κ3) is 3.59. The second-order valence-electron chi connectivity index (χ2n) is 8.11. The fourth-order valence-corrected chi connectivity index (χ4v) is 5.07. The van der Waals surface area contributed by atoms with Gasteiger partial charge in [-0.1, -0.05) is 65.7 Å². The number of ether oxygens (including phenoxy) is 1. The lowest BCUT2D eigenvalue weighted by Gasteiger charge is -2.38. The van der Waals surface area contributed by atoms with E-state index in [0.29, 0.717) is 18.4 Å². The molecule has 0 radical (unpaired) electrons. The van der Waals surface area contributed by atoms with Crippen LogP contribution in [0.3, 0.4) is 0 Å². The van der Waals surface area contributed by atoms with E-state index in [1.807, 2.05) is 30.3 Å². The monoisotopic (exact) mass is 435 g/mol. The Hall–Kier alpha value is -2.42. The van der Waals surface area contributed by atoms with Gasteiger partial charge in [0.1, 0.15) is 12.4 Å². The Balaban J connectivity index is 1.36. The van der Waals surface area contributed by atoms with Gasteiger partial charge in [0.15, 0.2) is 0 Å². The van der Waals surface area contributed by atoms with Crippen molar-refractivity contribution in [1.82, 2.24) is 0 Å². The van der Waals surface area contributed by atoms with E-state index in [2.05, 4.69) is 54.7 Å². The normalized spacial score (nSPS) is 21.6. The number of benzene rings is 3. The Labute approximate surface area is 187 Å². The van der Waals surface area contributed by atoms with E-state index < -0.39 is 0 Å². The maximum Gasteiger partial charge on any atom is 0.119 e. The zero-order valence-electron chi connectivity index (χ0n) is 16.7. The third-order valence-corrected chi connectivity index (χ3v) is 6.81. The number of hydrogen-bond acceptors (Lipinski definition) is 2. The fraction of sp³-hybridized carbons (Fsp3) is 0.231. The first-order valence-electron chi connectivity index (χ1n) is 10.3. The topological polar surface area (TPSA) is 21.3 Å². The maximum absolute atomic E-state index is 6.59. The van der Waals surface area contributed by atoms with E-state index in [-0.39, 0.29) is 6.04 Å². The van der Waals surface area contributed by atoms with Crippen molar-refractivity contribution < 1.29 is 4.74 Å². The first kappa shape index (κ1) is 19.5. The van der Waals surface area contributed by atoms with Crippen molar-refractivity contribution in [3.05, 3.63) is 105 Å². The number of nitrogens with one attached hydrogen (secondary N) is 1.